The Balaban J connectivity index is 2.36. The van der Waals surface area contributed by atoms with E-state index in [-0.39, 0.29) is 12.1 Å². The largest absolute Gasteiger partial charge is 0.480 e. The van der Waals surface area contributed by atoms with E-state index in [0.29, 0.717) is 5.56 Å². The lowest BCUT2D eigenvalue weighted by Crippen LogP contribution is -2.31. The molecule has 0 aliphatic carbocycles. The molecule has 0 fully saturated rings. The Labute approximate surface area is 135 Å². The molecule has 0 radical (unpaired) electrons. The minimum atomic E-state index is -1.22. The molecule has 0 saturated carbocycles. The first-order chi connectivity index (χ1) is 11.4. The molecule has 0 aromatic heterocycles. The summed E-state index contributed by atoms with van der Waals surface area (Å²) in [6.45, 7) is 0. The molecular weight excluding hydrogens is 318 g/mol. The molecule has 2 aromatic rings. The fourth-order valence-electron chi connectivity index (χ4n) is 2.22. The number of nitro groups is 2. The lowest BCUT2D eigenvalue weighted by atomic mass is 10.1. The molecule has 124 valence electrons. The van der Waals surface area contributed by atoms with E-state index in [4.69, 9.17) is 0 Å². The highest BCUT2D eigenvalue weighted by Gasteiger charge is 2.30. The fourth-order valence-corrected chi connectivity index (χ4v) is 2.22. The number of hydrogen-bond donors (Lipinski definition) is 2. The summed E-state index contributed by atoms with van der Waals surface area (Å²) in [6.07, 6.45) is 0.0655. The Bertz CT molecular complexity index is 778. The third-order valence-corrected chi connectivity index (χ3v) is 3.30. The molecule has 0 heterocycles. The van der Waals surface area contributed by atoms with E-state index >= 15 is 0 Å². The van der Waals surface area contributed by atoms with Crippen LogP contribution in [0.3, 0.4) is 0 Å². The smallest absolute Gasteiger partial charge is 0.368 e. The van der Waals surface area contributed by atoms with Crippen molar-refractivity contribution in [3.05, 3.63) is 74.3 Å². The number of nitro benzene ring substituents is 2. The van der Waals surface area contributed by atoms with Crippen molar-refractivity contribution in [1.82, 2.24) is 0 Å². The van der Waals surface area contributed by atoms with Crippen LogP contribution in [0.5, 0.6) is 0 Å². The van der Waals surface area contributed by atoms with E-state index < -0.39 is 33.2 Å². The van der Waals surface area contributed by atoms with Gasteiger partial charge in [0.15, 0.2) is 0 Å². The maximum absolute atomic E-state index is 11.4. The first-order valence-electron chi connectivity index (χ1n) is 6.85. The van der Waals surface area contributed by atoms with Crippen LogP contribution in [0.1, 0.15) is 5.56 Å². The van der Waals surface area contributed by atoms with E-state index in [9.17, 15) is 30.1 Å². The van der Waals surface area contributed by atoms with Gasteiger partial charge in [0, 0.05) is 12.5 Å². The van der Waals surface area contributed by atoms with Gasteiger partial charge in [-0.3, -0.25) is 20.2 Å². The maximum atomic E-state index is 11.4. The molecule has 9 heteroatoms. The van der Waals surface area contributed by atoms with E-state index in [1.807, 2.05) is 0 Å². The molecular formula is C15H13N3O6. The zero-order valence-electron chi connectivity index (χ0n) is 12.3. The van der Waals surface area contributed by atoms with Crippen molar-refractivity contribution in [3.8, 4) is 0 Å². The van der Waals surface area contributed by atoms with Gasteiger partial charge in [0.05, 0.1) is 9.85 Å². The molecule has 2 rings (SSSR count). The van der Waals surface area contributed by atoms with Gasteiger partial charge in [-0.25, -0.2) is 4.79 Å². The summed E-state index contributed by atoms with van der Waals surface area (Å²) in [6, 6.07) is 11.0. The summed E-state index contributed by atoms with van der Waals surface area (Å²) in [4.78, 5) is 31.8. The summed E-state index contributed by atoms with van der Waals surface area (Å²) in [5, 5.41) is 34.0. The maximum Gasteiger partial charge on any atom is 0.368 e. The molecule has 0 saturated heterocycles. The van der Waals surface area contributed by atoms with Gasteiger partial charge in [-0.15, -0.1) is 0 Å². The van der Waals surface area contributed by atoms with Gasteiger partial charge >= 0.3 is 17.3 Å². The van der Waals surface area contributed by atoms with Crippen LogP contribution in [0.4, 0.5) is 17.1 Å². The predicted octanol–water partition coefficient (Wildman–Crippen LogP) is 2.61. The van der Waals surface area contributed by atoms with Crippen molar-refractivity contribution in [2.24, 2.45) is 0 Å². The van der Waals surface area contributed by atoms with Crippen molar-refractivity contribution in [3.63, 3.8) is 0 Å². The molecule has 0 bridgehead atoms. The molecule has 0 aliphatic heterocycles. The highest BCUT2D eigenvalue weighted by atomic mass is 16.6. The number of anilines is 1. The van der Waals surface area contributed by atoms with Crippen LogP contribution in [0.25, 0.3) is 0 Å². The normalized spacial score (nSPS) is 11.5. The minimum absolute atomic E-state index is 0.0655. The van der Waals surface area contributed by atoms with E-state index in [1.54, 1.807) is 30.3 Å². The molecule has 0 spiro atoms. The van der Waals surface area contributed by atoms with Crippen molar-refractivity contribution in [2.45, 2.75) is 12.5 Å². The lowest BCUT2D eigenvalue weighted by Gasteiger charge is -2.15. The zero-order valence-corrected chi connectivity index (χ0v) is 12.3. The molecule has 1 unspecified atom stereocenters. The number of carboxylic acid groups (broad SMARTS) is 1. The molecule has 2 N–H and O–H groups in total. The van der Waals surface area contributed by atoms with Crippen LogP contribution < -0.4 is 5.32 Å². The third kappa shape index (κ3) is 3.83. The van der Waals surface area contributed by atoms with E-state index in [0.717, 1.165) is 6.07 Å². The van der Waals surface area contributed by atoms with Crippen LogP contribution >= 0.6 is 0 Å². The van der Waals surface area contributed by atoms with Crippen molar-refractivity contribution < 1.29 is 19.7 Å². The number of hydrogen-bond acceptors (Lipinski definition) is 6. The highest BCUT2D eigenvalue weighted by molar-refractivity contribution is 5.81. The molecule has 0 amide bonds. The van der Waals surface area contributed by atoms with Gasteiger partial charge < -0.3 is 10.4 Å². The van der Waals surface area contributed by atoms with Gasteiger partial charge in [0.2, 0.25) is 0 Å². The van der Waals surface area contributed by atoms with Gasteiger partial charge in [-0.2, -0.15) is 0 Å². The molecule has 0 aliphatic rings. The van der Waals surface area contributed by atoms with Crippen LogP contribution in [-0.4, -0.2) is 27.0 Å². The van der Waals surface area contributed by atoms with Gasteiger partial charge in [-0.1, -0.05) is 36.4 Å². The summed E-state index contributed by atoms with van der Waals surface area (Å²) in [5.74, 6) is -1.22. The van der Waals surface area contributed by atoms with Crippen molar-refractivity contribution in [1.29, 1.82) is 0 Å². The number of aliphatic carboxylic acids is 1. The van der Waals surface area contributed by atoms with Gasteiger partial charge in [0.1, 0.15) is 11.7 Å². The number of benzene rings is 2. The number of carboxylic acids is 1. The SMILES string of the molecule is O=C(O)C(Cc1ccccc1)Nc1cccc([N+](=O)[O-])c1[N+](=O)[O-]. The van der Waals surface area contributed by atoms with Crippen LogP contribution in [0, 0.1) is 20.2 Å². The van der Waals surface area contributed by atoms with E-state index in [2.05, 4.69) is 5.32 Å². The number of carbonyl (C=O) groups is 1. The highest BCUT2D eigenvalue weighted by Crippen LogP contribution is 2.34. The Hall–Kier alpha value is -3.49. The summed E-state index contributed by atoms with van der Waals surface area (Å²) < 4.78 is 0. The fraction of sp³-hybridized carbons (Fsp3) is 0.133. The molecule has 9 nitrogen and oxygen atoms in total. The predicted molar refractivity (Wildman–Crippen MR) is 84.9 cm³/mol. The first-order valence-corrected chi connectivity index (χ1v) is 6.85. The number of para-hydroxylation sites is 1. The van der Waals surface area contributed by atoms with Crippen LogP contribution in [-0.2, 0) is 11.2 Å². The second-order valence-electron chi connectivity index (χ2n) is 4.91. The third-order valence-electron chi connectivity index (χ3n) is 3.30. The number of nitrogens with one attached hydrogen (secondary N) is 1. The quantitative estimate of drug-likeness (QED) is 0.588. The average Bonchev–Trinajstić information content (AvgIpc) is 2.54. The van der Waals surface area contributed by atoms with E-state index in [1.165, 1.54) is 12.1 Å². The van der Waals surface area contributed by atoms with Gasteiger partial charge in [0.25, 0.3) is 0 Å². The lowest BCUT2D eigenvalue weighted by molar-refractivity contribution is -0.421. The summed E-state index contributed by atoms with van der Waals surface area (Å²) >= 11 is 0. The molecule has 24 heavy (non-hydrogen) atoms. The topological polar surface area (TPSA) is 136 Å². The molecule has 2 aromatic carbocycles. The summed E-state index contributed by atoms with van der Waals surface area (Å²) in [5.41, 5.74) is -0.960. The van der Waals surface area contributed by atoms with Crippen molar-refractivity contribution in [2.75, 3.05) is 5.32 Å². The Kier molecular flexibility index (Phi) is 5.05. The second kappa shape index (κ2) is 7.18. The Morgan fingerprint density at radius 2 is 1.71 bits per heavy atom. The monoisotopic (exact) mass is 331 g/mol. The zero-order chi connectivity index (χ0) is 17.7. The number of nitrogens with zero attached hydrogens (tertiary/aromatic N) is 2. The van der Waals surface area contributed by atoms with Crippen LogP contribution in [0.2, 0.25) is 0 Å². The van der Waals surface area contributed by atoms with Crippen molar-refractivity contribution >= 4 is 23.0 Å². The molecule has 1 atom stereocenters. The Morgan fingerprint density at radius 3 is 2.25 bits per heavy atom. The van der Waals surface area contributed by atoms with Crippen LogP contribution in [0.15, 0.2) is 48.5 Å². The standard InChI is InChI=1S/C15H13N3O6/c19-15(20)12(9-10-5-2-1-3-6-10)16-11-7-4-8-13(17(21)22)14(11)18(23)24/h1-8,12,16H,9H2,(H,19,20). The number of rotatable bonds is 7. The first kappa shape index (κ1) is 16.9. The summed E-state index contributed by atoms with van der Waals surface area (Å²) in [7, 11) is 0. The van der Waals surface area contributed by atoms with Gasteiger partial charge in [-0.05, 0) is 11.6 Å². The average molecular weight is 331 g/mol. The minimum Gasteiger partial charge on any atom is -0.480 e. The second-order valence-corrected chi connectivity index (χ2v) is 4.91. The Morgan fingerprint density at radius 1 is 1.04 bits per heavy atom.